The molecule has 1 aromatic rings. The molecular formula is C23H35N5. The molecule has 0 aliphatic rings. The van der Waals surface area contributed by atoms with E-state index < -0.39 is 0 Å². The average Bonchev–Trinajstić information content (AvgIpc) is 2.63. The predicted molar refractivity (Wildman–Crippen MR) is 123 cm³/mol. The van der Waals surface area contributed by atoms with Crippen molar-refractivity contribution in [1.29, 1.82) is 5.41 Å². The minimum absolute atomic E-state index is 0.534. The number of rotatable bonds is 9. The fourth-order valence-electron chi connectivity index (χ4n) is 2.77. The summed E-state index contributed by atoms with van der Waals surface area (Å²) >= 11 is 0. The summed E-state index contributed by atoms with van der Waals surface area (Å²) in [5, 5.41) is 11.6. The molecular weight excluding hydrogens is 346 g/mol. The minimum atomic E-state index is 0.534. The summed E-state index contributed by atoms with van der Waals surface area (Å²) in [6.45, 7) is 6.12. The van der Waals surface area contributed by atoms with Gasteiger partial charge in [0.1, 0.15) is 5.84 Å². The van der Waals surface area contributed by atoms with Gasteiger partial charge in [-0.15, -0.1) is 0 Å². The zero-order valence-electron chi connectivity index (χ0n) is 18.1. The second-order valence-corrected chi connectivity index (χ2v) is 7.08. The SMILES string of the molecule is CC/C=C/C(=C/CC(=N)C/C(C)=C(/N)Nc1cccc(C)c1)C(=N\C)/N(C)C. The molecule has 0 aliphatic heterocycles. The van der Waals surface area contributed by atoms with Gasteiger partial charge < -0.3 is 21.4 Å². The fraction of sp³-hybridized carbons (Fsp3) is 0.391. The van der Waals surface area contributed by atoms with Crippen LogP contribution in [0.5, 0.6) is 0 Å². The number of allylic oxidation sites excluding steroid dienone is 3. The van der Waals surface area contributed by atoms with Gasteiger partial charge in [0.25, 0.3) is 0 Å². The molecule has 0 heterocycles. The van der Waals surface area contributed by atoms with E-state index in [2.05, 4.69) is 35.5 Å². The normalized spacial score (nSPS) is 13.5. The van der Waals surface area contributed by atoms with Crippen molar-refractivity contribution in [3.05, 3.63) is 65.0 Å². The topological polar surface area (TPSA) is 77.5 Å². The smallest absolute Gasteiger partial charge is 0.129 e. The average molecular weight is 382 g/mol. The van der Waals surface area contributed by atoms with Gasteiger partial charge >= 0.3 is 0 Å². The van der Waals surface area contributed by atoms with Gasteiger partial charge in [-0.1, -0.05) is 37.3 Å². The number of nitrogens with one attached hydrogen (secondary N) is 2. The van der Waals surface area contributed by atoms with Crippen LogP contribution in [0.4, 0.5) is 5.69 Å². The summed E-state index contributed by atoms with van der Waals surface area (Å²) in [6.07, 6.45) is 8.30. The van der Waals surface area contributed by atoms with Gasteiger partial charge in [-0.25, -0.2) is 0 Å². The highest BCUT2D eigenvalue weighted by atomic mass is 15.1. The molecule has 1 rings (SSSR count). The van der Waals surface area contributed by atoms with E-state index in [1.165, 1.54) is 5.56 Å². The maximum Gasteiger partial charge on any atom is 0.129 e. The Balaban J connectivity index is 2.84. The van der Waals surface area contributed by atoms with Crippen molar-refractivity contribution in [2.24, 2.45) is 10.7 Å². The summed E-state index contributed by atoms with van der Waals surface area (Å²) < 4.78 is 0. The van der Waals surface area contributed by atoms with Crippen LogP contribution in [0.3, 0.4) is 0 Å². The number of nitrogens with zero attached hydrogens (tertiary/aromatic N) is 2. The number of hydrogen-bond donors (Lipinski definition) is 3. The predicted octanol–water partition coefficient (Wildman–Crippen LogP) is 4.88. The van der Waals surface area contributed by atoms with Gasteiger partial charge in [0.15, 0.2) is 0 Å². The van der Waals surface area contributed by atoms with Crippen LogP contribution >= 0.6 is 0 Å². The molecule has 0 radical (unpaired) electrons. The van der Waals surface area contributed by atoms with Crippen molar-refractivity contribution in [2.45, 2.75) is 40.0 Å². The fourth-order valence-corrected chi connectivity index (χ4v) is 2.77. The third-order valence-corrected chi connectivity index (χ3v) is 4.23. The Labute approximate surface area is 170 Å². The Bertz CT molecular complexity index is 782. The molecule has 0 unspecified atom stereocenters. The van der Waals surface area contributed by atoms with Crippen LogP contribution in [-0.2, 0) is 0 Å². The standard InChI is InChI=1S/C23H35N5/c1-7-8-11-19(23(26-4)28(5)6)13-14-20(24)16-18(3)22(25)27-21-12-9-10-17(2)15-21/h8-13,15,24,27H,7,14,16,25H2,1-6H3/b11-8+,19-13-,22-18-,24-20?,26-23+. The maximum absolute atomic E-state index is 8.36. The molecule has 5 heteroatoms. The summed E-state index contributed by atoms with van der Waals surface area (Å²) in [7, 11) is 5.75. The molecule has 0 aliphatic carbocycles. The van der Waals surface area contributed by atoms with Crippen molar-refractivity contribution >= 4 is 17.2 Å². The third kappa shape index (κ3) is 7.82. The molecule has 0 atom stereocenters. The van der Waals surface area contributed by atoms with Crippen molar-refractivity contribution in [3.63, 3.8) is 0 Å². The Hall–Kier alpha value is -2.82. The van der Waals surface area contributed by atoms with Gasteiger partial charge in [0, 0.05) is 51.0 Å². The number of likely N-dealkylation sites (N-methyl/N-ethyl adjacent to an activating group) is 1. The lowest BCUT2D eigenvalue weighted by atomic mass is 10.0. The zero-order valence-corrected chi connectivity index (χ0v) is 18.1. The zero-order chi connectivity index (χ0) is 21.1. The molecule has 152 valence electrons. The lowest BCUT2D eigenvalue weighted by molar-refractivity contribution is 0.622. The van der Waals surface area contributed by atoms with Crippen LogP contribution in [0.1, 0.15) is 38.7 Å². The Kier molecular flexibility index (Phi) is 9.79. The number of benzene rings is 1. The Morgan fingerprint density at radius 2 is 2.04 bits per heavy atom. The van der Waals surface area contributed by atoms with E-state index in [4.69, 9.17) is 11.1 Å². The molecule has 0 aromatic heterocycles. The molecule has 0 spiro atoms. The van der Waals surface area contributed by atoms with E-state index in [9.17, 15) is 0 Å². The van der Waals surface area contributed by atoms with E-state index >= 15 is 0 Å². The monoisotopic (exact) mass is 381 g/mol. The molecule has 1 aromatic carbocycles. The van der Waals surface area contributed by atoms with Crippen LogP contribution in [-0.4, -0.2) is 37.6 Å². The molecule has 0 amide bonds. The number of anilines is 1. The lowest BCUT2D eigenvalue weighted by Gasteiger charge is -2.16. The van der Waals surface area contributed by atoms with Crippen LogP contribution in [0, 0.1) is 12.3 Å². The van der Waals surface area contributed by atoms with Crippen LogP contribution in [0.2, 0.25) is 0 Å². The van der Waals surface area contributed by atoms with Gasteiger partial charge in [-0.3, -0.25) is 4.99 Å². The molecule has 0 saturated carbocycles. The van der Waals surface area contributed by atoms with Crippen molar-refractivity contribution < 1.29 is 0 Å². The number of aliphatic imine (C=N–C) groups is 1. The number of nitrogens with two attached hydrogens (primary N) is 1. The lowest BCUT2D eigenvalue weighted by Crippen LogP contribution is -2.23. The first-order chi connectivity index (χ1) is 13.3. The third-order valence-electron chi connectivity index (χ3n) is 4.23. The number of aryl methyl sites for hydroxylation is 1. The highest BCUT2D eigenvalue weighted by Crippen LogP contribution is 2.15. The molecule has 4 N–H and O–H groups in total. The summed E-state index contributed by atoms with van der Waals surface area (Å²) in [5.41, 5.74) is 10.9. The summed E-state index contributed by atoms with van der Waals surface area (Å²) in [5.74, 6) is 1.51. The second-order valence-electron chi connectivity index (χ2n) is 7.08. The number of hydrogen-bond acceptors (Lipinski definition) is 4. The molecule has 28 heavy (non-hydrogen) atoms. The molecule has 0 fully saturated rings. The van der Waals surface area contributed by atoms with Crippen molar-refractivity contribution in [1.82, 2.24) is 4.90 Å². The van der Waals surface area contributed by atoms with E-state index in [0.29, 0.717) is 24.4 Å². The quantitative estimate of drug-likeness (QED) is 0.324. The molecule has 0 saturated heterocycles. The number of amidine groups is 1. The highest BCUT2D eigenvalue weighted by molar-refractivity contribution is 6.01. The summed E-state index contributed by atoms with van der Waals surface area (Å²) in [6, 6.07) is 8.08. The van der Waals surface area contributed by atoms with E-state index in [-0.39, 0.29) is 0 Å². The highest BCUT2D eigenvalue weighted by Gasteiger charge is 2.08. The first kappa shape index (κ1) is 23.2. The van der Waals surface area contributed by atoms with Gasteiger partial charge in [-0.05, 0) is 43.5 Å². The largest absolute Gasteiger partial charge is 0.385 e. The van der Waals surface area contributed by atoms with Crippen LogP contribution < -0.4 is 11.1 Å². The Morgan fingerprint density at radius 3 is 2.61 bits per heavy atom. The van der Waals surface area contributed by atoms with E-state index in [0.717, 1.165) is 29.1 Å². The summed E-state index contributed by atoms with van der Waals surface area (Å²) in [4.78, 5) is 6.37. The maximum atomic E-state index is 8.36. The first-order valence-corrected chi connectivity index (χ1v) is 9.64. The second kappa shape index (κ2) is 11.8. The van der Waals surface area contributed by atoms with Crippen LogP contribution in [0.15, 0.2) is 64.5 Å². The molecule has 5 nitrogen and oxygen atoms in total. The van der Waals surface area contributed by atoms with Gasteiger partial charge in [0.05, 0.1) is 5.82 Å². The van der Waals surface area contributed by atoms with Gasteiger partial charge in [0.2, 0.25) is 0 Å². The van der Waals surface area contributed by atoms with Crippen molar-refractivity contribution in [3.8, 4) is 0 Å². The van der Waals surface area contributed by atoms with E-state index in [1.807, 2.05) is 57.1 Å². The molecule has 0 bridgehead atoms. The van der Waals surface area contributed by atoms with Crippen LogP contribution in [0.25, 0.3) is 0 Å². The van der Waals surface area contributed by atoms with Gasteiger partial charge in [-0.2, -0.15) is 0 Å². The first-order valence-electron chi connectivity index (χ1n) is 9.64. The van der Waals surface area contributed by atoms with Crippen molar-refractivity contribution in [2.75, 3.05) is 26.5 Å². The Morgan fingerprint density at radius 1 is 1.32 bits per heavy atom. The minimum Gasteiger partial charge on any atom is -0.385 e. The van der Waals surface area contributed by atoms with E-state index in [1.54, 1.807) is 7.05 Å².